The minimum absolute atomic E-state index is 0.0486. The van der Waals surface area contributed by atoms with E-state index in [0.717, 1.165) is 0 Å². The van der Waals surface area contributed by atoms with Gasteiger partial charge in [0, 0.05) is 12.1 Å². The zero-order valence-corrected chi connectivity index (χ0v) is 25.8. The Morgan fingerprint density at radius 2 is 0.810 bits per heavy atom. The Morgan fingerprint density at radius 1 is 0.524 bits per heavy atom. The van der Waals surface area contributed by atoms with Gasteiger partial charge in [-0.05, 0) is 74.5 Å². The minimum atomic E-state index is -3.73. The first-order chi connectivity index (χ1) is 19.7. The van der Waals surface area contributed by atoms with Gasteiger partial charge in [0.05, 0.1) is 65.6 Å². The lowest BCUT2D eigenvalue weighted by Gasteiger charge is -2.12. The lowest BCUT2D eigenvalue weighted by Crippen LogP contribution is -2.06. The van der Waals surface area contributed by atoms with Crippen molar-refractivity contribution in [2.75, 3.05) is 36.1 Å². The van der Waals surface area contributed by atoms with Crippen molar-refractivity contribution in [2.45, 2.75) is 33.4 Å². The normalized spacial score (nSPS) is 11.3. The van der Waals surface area contributed by atoms with Gasteiger partial charge in [0.25, 0.3) is 0 Å². The maximum Gasteiger partial charge on any atom is 0.206 e. The summed E-state index contributed by atoms with van der Waals surface area (Å²) in [6.45, 7) is 4.39. The van der Waals surface area contributed by atoms with Crippen LogP contribution < -0.4 is 32.4 Å². The first kappa shape index (κ1) is 32.7. The summed E-state index contributed by atoms with van der Waals surface area (Å²) in [5, 5.41) is 0.366. The smallest absolute Gasteiger partial charge is 0.206 e. The van der Waals surface area contributed by atoms with E-state index in [1.165, 1.54) is 72.8 Å². The molecular weight excluding hydrogens is 623 g/mol. The number of nitrogens with two attached hydrogens (primary N) is 4. The van der Waals surface area contributed by atoms with Crippen molar-refractivity contribution in [3.05, 3.63) is 82.8 Å². The molecule has 0 aromatic heterocycles. The van der Waals surface area contributed by atoms with Gasteiger partial charge in [-0.1, -0.05) is 23.2 Å². The standard InChI is InChI=1S/C16H20N2O4S.C12H10Cl2N2O2S/c1-3-21-15-9-11(5-7-13(15)17)23(19,20)12-6-8-14(18)16(10-12)22-4-2;13-9-5-7(1-3-11(9)15)19(17,18)8-2-4-12(16)10(14)6-8/h5-10H,3-4,17-18H2,1-2H3;1-6H,15-16H2. The quantitative estimate of drug-likeness (QED) is 0.177. The maximum absolute atomic E-state index is 12.8. The molecule has 0 saturated carbocycles. The predicted octanol–water partition coefficient (Wildman–Crippen LogP) is 5.47. The number of anilines is 4. The molecule has 4 aromatic rings. The fraction of sp³-hybridized carbons (Fsp3) is 0.143. The SMILES string of the molecule is CCOc1cc(S(=O)(=O)c2ccc(N)c(OCC)c2)ccc1N.Nc1ccc(S(=O)(=O)c2ccc(N)c(Cl)c2)cc1Cl. The van der Waals surface area contributed by atoms with E-state index >= 15 is 0 Å². The van der Waals surface area contributed by atoms with E-state index in [1.54, 1.807) is 13.8 Å². The highest BCUT2D eigenvalue weighted by atomic mass is 35.5. The summed E-state index contributed by atoms with van der Waals surface area (Å²) in [4.78, 5) is 0.296. The molecule has 0 amide bonds. The van der Waals surface area contributed by atoms with Crippen molar-refractivity contribution >= 4 is 65.6 Å². The van der Waals surface area contributed by atoms with Crippen LogP contribution in [0.5, 0.6) is 11.5 Å². The van der Waals surface area contributed by atoms with Crippen LogP contribution in [0.15, 0.2) is 92.4 Å². The number of nitrogen functional groups attached to an aromatic ring is 4. The number of sulfone groups is 2. The van der Waals surface area contributed by atoms with E-state index in [0.29, 0.717) is 47.5 Å². The molecule has 0 heterocycles. The lowest BCUT2D eigenvalue weighted by molar-refractivity contribution is 0.341. The molecule has 4 aromatic carbocycles. The molecule has 0 saturated heterocycles. The van der Waals surface area contributed by atoms with Crippen LogP contribution in [0, 0.1) is 0 Å². The van der Waals surface area contributed by atoms with E-state index in [-0.39, 0.29) is 29.6 Å². The van der Waals surface area contributed by atoms with Crippen molar-refractivity contribution in [2.24, 2.45) is 0 Å². The molecule has 0 bridgehead atoms. The summed E-state index contributed by atoms with van der Waals surface area (Å²) in [6.07, 6.45) is 0. The van der Waals surface area contributed by atoms with E-state index in [9.17, 15) is 16.8 Å². The van der Waals surface area contributed by atoms with Gasteiger partial charge in [0.15, 0.2) is 0 Å². The lowest BCUT2D eigenvalue weighted by atomic mass is 10.3. The number of halogens is 2. The largest absolute Gasteiger partial charge is 0.492 e. The van der Waals surface area contributed by atoms with E-state index in [1.807, 2.05) is 0 Å². The molecule has 0 unspecified atom stereocenters. The second kappa shape index (κ2) is 13.4. The molecule has 0 atom stereocenters. The third-order valence-corrected chi connectivity index (χ3v) is 9.91. The van der Waals surface area contributed by atoms with Gasteiger partial charge in [-0.3, -0.25) is 0 Å². The fourth-order valence-corrected chi connectivity index (χ4v) is 6.64. The number of rotatable bonds is 8. The number of hydrogen-bond acceptors (Lipinski definition) is 10. The highest BCUT2D eigenvalue weighted by molar-refractivity contribution is 7.91. The first-order valence-electron chi connectivity index (χ1n) is 12.4. The van der Waals surface area contributed by atoms with Crippen LogP contribution in [0.25, 0.3) is 0 Å². The van der Waals surface area contributed by atoms with Crippen LogP contribution >= 0.6 is 23.2 Å². The molecule has 8 N–H and O–H groups in total. The average molecular weight is 654 g/mol. The zero-order valence-electron chi connectivity index (χ0n) is 22.7. The Morgan fingerprint density at radius 3 is 1.10 bits per heavy atom. The monoisotopic (exact) mass is 652 g/mol. The summed E-state index contributed by atoms with van der Waals surface area (Å²) in [7, 11) is -7.42. The van der Waals surface area contributed by atoms with Gasteiger partial charge in [0.2, 0.25) is 19.7 Å². The summed E-state index contributed by atoms with van der Waals surface area (Å²) in [5.41, 5.74) is 24.1. The summed E-state index contributed by atoms with van der Waals surface area (Å²) < 4.78 is 61.0. The maximum atomic E-state index is 12.8. The van der Waals surface area contributed by atoms with Crippen molar-refractivity contribution in [1.29, 1.82) is 0 Å². The fourth-order valence-electron chi connectivity index (χ4n) is 3.55. The summed E-state index contributed by atoms with van der Waals surface area (Å²) >= 11 is 11.7. The molecule has 224 valence electrons. The summed E-state index contributed by atoms with van der Waals surface area (Å²) in [5.74, 6) is 0.683. The highest BCUT2D eigenvalue weighted by Crippen LogP contribution is 2.33. The number of ether oxygens (including phenoxy) is 2. The topological polar surface area (TPSA) is 191 Å². The molecule has 10 nitrogen and oxygen atoms in total. The second-order valence-corrected chi connectivity index (χ2v) is 13.4. The van der Waals surface area contributed by atoms with Crippen molar-refractivity contribution in [3.8, 4) is 11.5 Å². The number of hydrogen-bond donors (Lipinski definition) is 4. The van der Waals surface area contributed by atoms with Crippen molar-refractivity contribution in [1.82, 2.24) is 0 Å². The van der Waals surface area contributed by atoms with Crippen LogP contribution in [0.1, 0.15) is 13.8 Å². The first-order valence-corrected chi connectivity index (χ1v) is 16.1. The average Bonchev–Trinajstić information content (AvgIpc) is 2.94. The van der Waals surface area contributed by atoms with Gasteiger partial charge in [0.1, 0.15) is 11.5 Å². The number of benzene rings is 4. The molecule has 14 heteroatoms. The Labute approximate surface area is 255 Å². The third-order valence-electron chi connectivity index (χ3n) is 5.75. The van der Waals surface area contributed by atoms with Gasteiger partial charge >= 0.3 is 0 Å². The molecule has 0 spiro atoms. The molecule has 0 radical (unpaired) electrons. The third kappa shape index (κ3) is 7.32. The highest BCUT2D eigenvalue weighted by Gasteiger charge is 2.21. The van der Waals surface area contributed by atoms with Crippen LogP contribution in [-0.4, -0.2) is 30.0 Å². The van der Waals surface area contributed by atoms with Crippen molar-refractivity contribution in [3.63, 3.8) is 0 Å². The van der Waals surface area contributed by atoms with Gasteiger partial charge in [-0.15, -0.1) is 0 Å². The molecule has 4 rings (SSSR count). The van der Waals surface area contributed by atoms with Crippen LogP contribution in [0.2, 0.25) is 10.0 Å². The van der Waals surface area contributed by atoms with E-state index < -0.39 is 19.7 Å². The van der Waals surface area contributed by atoms with E-state index in [2.05, 4.69) is 0 Å². The molecule has 0 aliphatic rings. The second-order valence-electron chi connectivity index (χ2n) is 8.64. The molecule has 0 fully saturated rings. The molecule has 0 aliphatic carbocycles. The Kier molecular flexibility index (Phi) is 10.4. The van der Waals surface area contributed by atoms with E-state index in [4.69, 9.17) is 55.6 Å². The molecular formula is C28H30Cl2N4O6S2. The van der Waals surface area contributed by atoms with Gasteiger partial charge in [-0.2, -0.15) is 0 Å². The van der Waals surface area contributed by atoms with Crippen LogP contribution in [0.4, 0.5) is 22.7 Å². The minimum Gasteiger partial charge on any atom is -0.492 e. The predicted molar refractivity (Wildman–Crippen MR) is 167 cm³/mol. The van der Waals surface area contributed by atoms with Gasteiger partial charge < -0.3 is 32.4 Å². The van der Waals surface area contributed by atoms with Crippen molar-refractivity contribution < 1.29 is 26.3 Å². The summed E-state index contributed by atoms with van der Waals surface area (Å²) in [6, 6.07) is 17.0. The Bertz CT molecular complexity index is 1700. The van der Waals surface area contributed by atoms with Crippen LogP contribution in [0.3, 0.4) is 0 Å². The molecule has 42 heavy (non-hydrogen) atoms. The van der Waals surface area contributed by atoms with Crippen LogP contribution in [-0.2, 0) is 19.7 Å². The zero-order chi connectivity index (χ0) is 31.2. The van der Waals surface area contributed by atoms with Gasteiger partial charge in [-0.25, -0.2) is 16.8 Å². The Balaban J connectivity index is 0.000000235. The molecule has 0 aliphatic heterocycles. The Hall–Kier alpha value is -3.84.